The average Bonchev–Trinajstić information content (AvgIpc) is 2.94. The molecular formula is C14H24N2O2S2. The van der Waals surface area contributed by atoms with Gasteiger partial charge in [-0.05, 0) is 51.1 Å². The van der Waals surface area contributed by atoms with Gasteiger partial charge < -0.3 is 5.32 Å². The lowest BCUT2D eigenvalue weighted by Gasteiger charge is -2.22. The third kappa shape index (κ3) is 4.53. The van der Waals surface area contributed by atoms with E-state index in [-0.39, 0.29) is 5.92 Å². The number of nitrogens with one attached hydrogen (secondary N) is 1. The highest BCUT2D eigenvalue weighted by atomic mass is 32.2. The Hall–Kier alpha value is -0.460. The normalized spacial score (nSPS) is 23.0. The molecule has 2 heterocycles. The molecule has 1 aliphatic rings. The smallest absolute Gasteiger partial charge is 0.150 e. The minimum Gasteiger partial charge on any atom is -0.316 e. The number of rotatable bonds is 7. The zero-order valence-electron chi connectivity index (χ0n) is 12.3. The highest BCUT2D eigenvalue weighted by molar-refractivity contribution is 7.91. The second kappa shape index (κ2) is 7.00. The van der Waals surface area contributed by atoms with Crippen LogP contribution in [0.15, 0.2) is 5.38 Å². The Morgan fingerprint density at radius 2 is 2.35 bits per heavy atom. The van der Waals surface area contributed by atoms with Gasteiger partial charge >= 0.3 is 0 Å². The Morgan fingerprint density at radius 1 is 1.55 bits per heavy atom. The molecule has 2 atom stereocenters. The fraction of sp³-hybridized carbons (Fsp3) is 0.786. The van der Waals surface area contributed by atoms with Crippen LogP contribution in [0.1, 0.15) is 30.5 Å². The third-order valence-corrected chi connectivity index (χ3v) is 6.52. The average molecular weight is 316 g/mol. The molecule has 1 aliphatic heterocycles. The van der Waals surface area contributed by atoms with Gasteiger partial charge in [-0.25, -0.2) is 13.4 Å². The summed E-state index contributed by atoms with van der Waals surface area (Å²) in [6.45, 7) is 6.04. The van der Waals surface area contributed by atoms with Gasteiger partial charge in [-0.3, -0.25) is 0 Å². The minimum absolute atomic E-state index is 0.284. The van der Waals surface area contributed by atoms with E-state index in [2.05, 4.69) is 22.6 Å². The van der Waals surface area contributed by atoms with Gasteiger partial charge in [0.25, 0.3) is 0 Å². The molecule has 0 bridgehead atoms. The van der Waals surface area contributed by atoms with E-state index in [1.54, 1.807) is 11.3 Å². The van der Waals surface area contributed by atoms with E-state index in [1.807, 2.05) is 6.92 Å². The van der Waals surface area contributed by atoms with Crippen molar-refractivity contribution in [1.82, 2.24) is 10.3 Å². The topological polar surface area (TPSA) is 59.1 Å². The molecule has 1 N–H and O–H groups in total. The van der Waals surface area contributed by atoms with Gasteiger partial charge in [-0.2, -0.15) is 0 Å². The Kier molecular flexibility index (Phi) is 5.57. The van der Waals surface area contributed by atoms with Crippen molar-refractivity contribution < 1.29 is 8.42 Å². The number of thiazole rings is 1. The van der Waals surface area contributed by atoms with E-state index in [9.17, 15) is 8.42 Å². The standard InChI is InChI=1S/C14H24N2O2S2/c1-3-5-15-8-13(7-14-9-19-11(2)16-14)12-4-6-20(17,18)10-12/h9,12-13,15H,3-8,10H2,1-2H3. The van der Waals surface area contributed by atoms with Crippen molar-refractivity contribution >= 4 is 21.2 Å². The van der Waals surface area contributed by atoms with E-state index < -0.39 is 9.84 Å². The Labute approximate surface area is 125 Å². The molecule has 0 saturated carbocycles. The highest BCUT2D eigenvalue weighted by Gasteiger charge is 2.33. The van der Waals surface area contributed by atoms with E-state index in [0.717, 1.165) is 43.1 Å². The van der Waals surface area contributed by atoms with Crippen molar-refractivity contribution in [3.05, 3.63) is 16.1 Å². The molecule has 4 nitrogen and oxygen atoms in total. The van der Waals surface area contributed by atoms with E-state index in [1.165, 1.54) is 0 Å². The summed E-state index contributed by atoms with van der Waals surface area (Å²) in [7, 11) is -2.80. The maximum Gasteiger partial charge on any atom is 0.150 e. The summed E-state index contributed by atoms with van der Waals surface area (Å²) < 4.78 is 23.4. The number of aromatic nitrogens is 1. The summed E-state index contributed by atoms with van der Waals surface area (Å²) in [6.07, 6.45) is 2.80. The molecule has 2 rings (SSSR count). The molecule has 1 fully saturated rings. The summed E-state index contributed by atoms with van der Waals surface area (Å²) in [5, 5.41) is 6.63. The van der Waals surface area contributed by atoms with Crippen molar-refractivity contribution in [2.24, 2.45) is 11.8 Å². The molecule has 0 radical (unpaired) electrons. The maximum atomic E-state index is 11.7. The van der Waals surface area contributed by atoms with Crippen LogP contribution >= 0.6 is 11.3 Å². The minimum atomic E-state index is -2.80. The SMILES string of the molecule is CCCNCC(Cc1csc(C)n1)C1CCS(=O)(=O)C1. The lowest BCUT2D eigenvalue weighted by Crippen LogP contribution is -2.31. The Morgan fingerprint density at radius 3 is 2.90 bits per heavy atom. The van der Waals surface area contributed by atoms with Gasteiger partial charge in [0.15, 0.2) is 9.84 Å². The highest BCUT2D eigenvalue weighted by Crippen LogP contribution is 2.28. The van der Waals surface area contributed by atoms with Gasteiger partial charge in [0.05, 0.1) is 22.2 Å². The lowest BCUT2D eigenvalue weighted by molar-refractivity contribution is 0.341. The number of sulfone groups is 1. The van der Waals surface area contributed by atoms with E-state index >= 15 is 0 Å². The van der Waals surface area contributed by atoms with Crippen molar-refractivity contribution in [2.45, 2.75) is 33.1 Å². The van der Waals surface area contributed by atoms with Crippen LogP contribution in [0, 0.1) is 18.8 Å². The first-order chi connectivity index (χ1) is 9.50. The predicted molar refractivity (Wildman–Crippen MR) is 84.0 cm³/mol. The molecule has 6 heteroatoms. The van der Waals surface area contributed by atoms with Crippen molar-refractivity contribution in [3.63, 3.8) is 0 Å². The molecule has 1 aromatic rings. The first-order valence-electron chi connectivity index (χ1n) is 7.32. The quantitative estimate of drug-likeness (QED) is 0.782. The molecule has 1 saturated heterocycles. The number of aryl methyl sites for hydroxylation is 1. The zero-order chi connectivity index (χ0) is 14.6. The lowest BCUT2D eigenvalue weighted by atomic mass is 9.88. The van der Waals surface area contributed by atoms with Crippen LogP contribution in [0.3, 0.4) is 0 Å². The molecule has 20 heavy (non-hydrogen) atoms. The van der Waals surface area contributed by atoms with Crippen LogP contribution in [-0.2, 0) is 16.3 Å². The molecule has 114 valence electrons. The third-order valence-electron chi connectivity index (χ3n) is 3.91. The Balaban J connectivity index is 2.00. The molecule has 2 unspecified atom stereocenters. The van der Waals surface area contributed by atoms with Gasteiger partial charge in [-0.1, -0.05) is 6.92 Å². The summed E-state index contributed by atoms with van der Waals surface area (Å²) in [6, 6.07) is 0. The Bertz CT molecular complexity index is 525. The number of hydrogen-bond donors (Lipinski definition) is 1. The fourth-order valence-corrected chi connectivity index (χ4v) is 5.38. The van der Waals surface area contributed by atoms with Gasteiger partial charge in [0, 0.05) is 5.38 Å². The molecule has 0 amide bonds. The van der Waals surface area contributed by atoms with Gasteiger partial charge in [-0.15, -0.1) is 11.3 Å². The predicted octanol–water partition coefficient (Wildman–Crippen LogP) is 2.04. The number of nitrogens with zero attached hydrogens (tertiary/aromatic N) is 1. The van der Waals surface area contributed by atoms with E-state index in [4.69, 9.17) is 0 Å². The molecule has 1 aromatic heterocycles. The van der Waals surface area contributed by atoms with E-state index in [0.29, 0.717) is 17.4 Å². The molecule has 0 spiro atoms. The van der Waals surface area contributed by atoms with Crippen LogP contribution in [-0.4, -0.2) is 38.0 Å². The molecule has 0 aliphatic carbocycles. The van der Waals surface area contributed by atoms with Crippen molar-refractivity contribution in [3.8, 4) is 0 Å². The molecule has 0 aromatic carbocycles. The number of hydrogen-bond acceptors (Lipinski definition) is 5. The van der Waals surface area contributed by atoms with Crippen molar-refractivity contribution in [1.29, 1.82) is 0 Å². The van der Waals surface area contributed by atoms with Crippen LogP contribution < -0.4 is 5.32 Å². The monoisotopic (exact) mass is 316 g/mol. The van der Waals surface area contributed by atoms with Gasteiger partial charge in [0.2, 0.25) is 0 Å². The summed E-state index contributed by atoms with van der Waals surface area (Å²) in [4.78, 5) is 4.53. The maximum absolute atomic E-state index is 11.7. The van der Waals surface area contributed by atoms with Crippen molar-refractivity contribution in [2.75, 3.05) is 24.6 Å². The summed E-state index contributed by atoms with van der Waals surface area (Å²) in [5.41, 5.74) is 1.11. The second-order valence-corrected chi connectivity index (χ2v) is 8.98. The largest absolute Gasteiger partial charge is 0.316 e. The summed E-state index contributed by atoms with van der Waals surface area (Å²) in [5.74, 6) is 1.37. The van der Waals surface area contributed by atoms with Crippen LogP contribution in [0.5, 0.6) is 0 Å². The second-order valence-electron chi connectivity index (χ2n) is 5.69. The first kappa shape index (κ1) is 15.9. The van der Waals surface area contributed by atoms with Crippen LogP contribution in [0.25, 0.3) is 0 Å². The summed E-state index contributed by atoms with van der Waals surface area (Å²) >= 11 is 1.67. The molecular weight excluding hydrogens is 292 g/mol. The fourth-order valence-electron chi connectivity index (χ4n) is 2.84. The van der Waals surface area contributed by atoms with Crippen LogP contribution in [0.2, 0.25) is 0 Å². The first-order valence-corrected chi connectivity index (χ1v) is 10.0. The van der Waals surface area contributed by atoms with Gasteiger partial charge in [0.1, 0.15) is 0 Å². The van der Waals surface area contributed by atoms with Crippen LogP contribution in [0.4, 0.5) is 0 Å². The zero-order valence-corrected chi connectivity index (χ0v) is 13.9.